The molecule has 2 heterocycles. The molecule has 194 valence electrons. The van der Waals surface area contributed by atoms with Crippen LogP contribution in [0.2, 0.25) is 0 Å². The van der Waals surface area contributed by atoms with Crippen molar-refractivity contribution in [2.24, 2.45) is 0 Å². The number of benzene rings is 1. The number of hydrogen-bond donors (Lipinski definition) is 3. The molecule has 0 bridgehead atoms. The monoisotopic (exact) mass is 529 g/mol. The van der Waals surface area contributed by atoms with E-state index in [1.165, 1.54) is 11.3 Å². The van der Waals surface area contributed by atoms with Crippen LogP contribution in [0.15, 0.2) is 45.3 Å². The molecule has 1 aromatic carbocycles. The van der Waals surface area contributed by atoms with Crippen LogP contribution in [0.3, 0.4) is 0 Å². The first kappa shape index (κ1) is 27.7. The number of carbonyl (C=O) groups is 2. The largest absolute Gasteiger partial charge is 0.444 e. The molecule has 8 nitrogen and oxygen atoms in total. The van der Waals surface area contributed by atoms with E-state index in [0.29, 0.717) is 35.2 Å². The lowest BCUT2D eigenvalue weighted by Crippen LogP contribution is -2.12. The van der Waals surface area contributed by atoms with Crippen molar-refractivity contribution in [2.45, 2.75) is 81.1 Å². The molecule has 2 aromatic heterocycles. The molecule has 1 unspecified atom stereocenters. The number of thioether (sulfide) groups is 1. The Balaban J connectivity index is 1.31. The number of para-hydroxylation sites is 2. The summed E-state index contributed by atoms with van der Waals surface area (Å²) in [6.45, 7) is 8.32. The van der Waals surface area contributed by atoms with Crippen LogP contribution >= 0.6 is 23.1 Å². The van der Waals surface area contributed by atoms with Crippen molar-refractivity contribution in [2.75, 3.05) is 16.4 Å². The molecule has 3 aromatic rings. The van der Waals surface area contributed by atoms with Crippen LogP contribution in [-0.2, 0) is 15.0 Å². The summed E-state index contributed by atoms with van der Waals surface area (Å²) in [5.41, 5.74) is 6.96. The van der Waals surface area contributed by atoms with Crippen LogP contribution < -0.4 is 16.4 Å². The number of carbonyl (C=O) groups excluding carboxylic acids is 2. The van der Waals surface area contributed by atoms with Gasteiger partial charge in [-0.1, -0.05) is 57.1 Å². The quantitative estimate of drug-likeness (QED) is 0.134. The van der Waals surface area contributed by atoms with Gasteiger partial charge in [0, 0.05) is 18.3 Å². The number of nitrogen functional groups attached to an aromatic ring is 1. The van der Waals surface area contributed by atoms with Gasteiger partial charge >= 0.3 is 0 Å². The fraction of sp³-hybridized carbons (Fsp3) is 0.462. The molecule has 0 aliphatic heterocycles. The minimum atomic E-state index is -0.0798. The molecule has 0 radical (unpaired) electrons. The molecule has 1 atom stereocenters. The predicted octanol–water partition coefficient (Wildman–Crippen LogP) is 6.78. The summed E-state index contributed by atoms with van der Waals surface area (Å²) in [5.74, 6) is 1.46. The number of oxazole rings is 1. The lowest BCUT2D eigenvalue weighted by atomic mass is 9.94. The molecule has 0 aliphatic rings. The average Bonchev–Trinajstić information content (AvgIpc) is 3.48. The Hall–Kier alpha value is -2.85. The third kappa shape index (κ3) is 8.67. The van der Waals surface area contributed by atoms with Crippen molar-refractivity contribution in [1.82, 2.24) is 9.97 Å². The summed E-state index contributed by atoms with van der Waals surface area (Å²) in [5, 5.41) is 6.34. The topological polar surface area (TPSA) is 123 Å². The molecule has 0 spiro atoms. The average molecular weight is 530 g/mol. The molecule has 0 aliphatic carbocycles. The fourth-order valence-corrected chi connectivity index (χ4v) is 5.45. The zero-order chi connectivity index (χ0) is 26.1. The number of rotatable bonds is 12. The Kier molecular flexibility index (Phi) is 9.95. The lowest BCUT2D eigenvalue weighted by Gasteiger charge is -2.13. The van der Waals surface area contributed by atoms with Gasteiger partial charge in [0.25, 0.3) is 0 Å². The van der Waals surface area contributed by atoms with Crippen molar-refractivity contribution in [3.8, 4) is 0 Å². The zero-order valence-electron chi connectivity index (χ0n) is 21.3. The molecular formula is C26H35N5O3S2. The Labute approximate surface area is 220 Å². The van der Waals surface area contributed by atoms with Crippen LogP contribution in [0.5, 0.6) is 0 Å². The number of thiazole rings is 1. The summed E-state index contributed by atoms with van der Waals surface area (Å²) in [6.07, 6.45) is 7.73. The van der Waals surface area contributed by atoms with Gasteiger partial charge in [-0.05, 0) is 31.9 Å². The van der Waals surface area contributed by atoms with E-state index in [2.05, 4.69) is 41.4 Å². The minimum absolute atomic E-state index is 0.0391. The molecule has 36 heavy (non-hydrogen) atoms. The Morgan fingerprint density at radius 2 is 1.69 bits per heavy atom. The maximum atomic E-state index is 12.3. The minimum Gasteiger partial charge on any atom is -0.444 e. The smallest absolute Gasteiger partial charge is 0.226 e. The summed E-state index contributed by atoms with van der Waals surface area (Å²) >= 11 is 3.05. The van der Waals surface area contributed by atoms with E-state index in [1.807, 2.05) is 19.1 Å². The van der Waals surface area contributed by atoms with Gasteiger partial charge in [-0.2, -0.15) is 0 Å². The van der Waals surface area contributed by atoms with Gasteiger partial charge in [0.1, 0.15) is 5.76 Å². The second-order valence-corrected chi connectivity index (χ2v) is 12.3. The number of unbranched alkanes of at least 4 members (excludes halogenated alkanes) is 3. The number of anilines is 3. The van der Waals surface area contributed by atoms with Crippen LogP contribution in [0.1, 0.15) is 83.1 Å². The van der Waals surface area contributed by atoms with Crippen LogP contribution in [0, 0.1) is 0 Å². The molecule has 4 N–H and O–H groups in total. The maximum Gasteiger partial charge on any atom is 0.226 e. The summed E-state index contributed by atoms with van der Waals surface area (Å²) in [6, 6.07) is 7.21. The second-order valence-electron chi connectivity index (χ2n) is 9.66. The van der Waals surface area contributed by atoms with Crippen molar-refractivity contribution >= 4 is 51.4 Å². The van der Waals surface area contributed by atoms with Gasteiger partial charge < -0.3 is 20.8 Å². The van der Waals surface area contributed by atoms with E-state index >= 15 is 0 Å². The number of hydrogen-bond acceptors (Lipinski definition) is 8. The van der Waals surface area contributed by atoms with E-state index in [4.69, 9.17) is 10.2 Å². The normalized spacial score (nSPS) is 12.3. The number of nitrogens with one attached hydrogen (secondary N) is 2. The summed E-state index contributed by atoms with van der Waals surface area (Å²) < 4.78 is 6.92. The lowest BCUT2D eigenvalue weighted by molar-refractivity contribution is -0.117. The molecule has 0 fully saturated rings. The molecule has 0 saturated carbocycles. The molecular weight excluding hydrogens is 494 g/mol. The molecule has 0 saturated heterocycles. The Morgan fingerprint density at radius 3 is 2.33 bits per heavy atom. The number of nitrogens with two attached hydrogens (primary N) is 1. The van der Waals surface area contributed by atoms with Gasteiger partial charge in [-0.25, -0.2) is 9.97 Å². The SMILES string of the molecule is CC(Sc1cnc(NC(=O)CCCCCCC(=O)Nc2ccccc2N)s1)c1ncc(C(C)(C)C)o1. The number of aromatic nitrogens is 2. The third-order valence-electron chi connectivity index (χ3n) is 5.43. The van der Waals surface area contributed by atoms with E-state index < -0.39 is 0 Å². The summed E-state index contributed by atoms with van der Waals surface area (Å²) in [7, 11) is 0. The van der Waals surface area contributed by atoms with E-state index in [1.54, 1.807) is 36.3 Å². The van der Waals surface area contributed by atoms with Crippen molar-refractivity contribution in [3.05, 3.63) is 48.3 Å². The first-order chi connectivity index (χ1) is 17.1. The third-order valence-corrected chi connectivity index (χ3v) is 7.57. The fourth-order valence-electron chi connectivity index (χ4n) is 3.35. The van der Waals surface area contributed by atoms with Crippen molar-refractivity contribution in [1.29, 1.82) is 0 Å². The Morgan fingerprint density at radius 1 is 1.03 bits per heavy atom. The first-order valence-electron chi connectivity index (χ1n) is 12.1. The predicted molar refractivity (Wildman–Crippen MR) is 147 cm³/mol. The van der Waals surface area contributed by atoms with Gasteiger partial charge in [-0.15, -0.1) is 11.8 Å². The Bertz CT molecular complexity index is 1150. The highest BCUT2D eigenvalue weighted by Crippen LogP contribution is 2.39. The number of amides is 2. The highest BCUT2D eigenvalue weighted by molar-refractivity contribution is 8.01. The van der Waals surface area contributed by atoms with Gasteiger partial charge in [0.05, 0.1) is 33.2 Å². The van der Waals surface area contributed by atoms with E-state index in [-0.39, 0.29) is 22.5 Å². The standard InChI is InChI=1S/C26H35N5O3S2/c1-17(24-28-15-20(34-24)26(2,3)4)35-23-16-29-25(36-23)31-22(33)14-8-6-5-7-13-21(32)30-19-12-10-9-11-18(19)27/h9-12,15-17H,5-8,13-14,27H2,1-4H3,(H,30,32)(H,29,31,33). The van der Waals surface area contributed by atoms with Crippen molar-refractivity contribution in [3.63, 3.8) is 0 Å². The first-order valence-corrected chi connectivity index (χ1v) is 13.8. The van der Waals surface area contributed by atoms with E-state index in [9.17, 15) is 9.59 Å². The highest BCUT2D eigenvalue weighted by atomic mass is 32.2. The molecule has 2 amide bonds. The van der Waals surface area contributed by atoms with Crippen LogP contribution in [0.25, 0.3) is 0 Å². The van der Waals surface area contributed by atoms with E-state index in [0.717, 1.165) is 35.7 Å². The highest BCUT2D eigenvalue weighted by Gasteiger charge is 2.22. The maximum absolute atomic E-state index is 12.3. The van der Waals surface area contributed by atoms with Crippen LogP contribution in [-0.4, -0.2) is 21.8 Å². The van der Waals surface area contributed by atoms with Gasteiger partial charge in [0.15, 0.2) is 5.13 Å². The van der Waals surface area contributed by atoms with Crippen LogP contribution in [0.4, 0.5) is 16.5 Å². The van der Waals surface area contributed by atoms with Gasteiger partial charge in [-0.3, -0.25) is 9.59 Å². The summed E-state index contributed by atoms with van der Waals surface area (Å²) in [4.78, 5) is 33.1. The number of nitrogens with zero attached hydrogens (tertiary/aromatic N) is 2. The van der Waals surface area contributed by atoms with Gasteiger partial charge in [0.2, 0.25) is 17.7 Å². The molecule has 3 rings (SSSR count). The second kappa shape index (κ2) is 12.9. The molecule has 10 heteroatoms. The zero-order valence-corrected chi connectivity index (χ0v) is 22.9. The van der Waals surface area contributed by atoms with Crippen molar-refractivity contribution < 1.29 is 14.0 Å².